The summed E-state index contributed by atoms with van der Waals surface area (Å²) in [6.07, 6.45) is 0. The first-order valence-corrected chi connectivity index (χ1v) is 8.33. The lowest BCUT2D eigenvalue weighted by molar-refractivity contribution is -0.123. The van der Waals surface area contributed by atoms with Crippen molar-refractivity contribution in [3.63, 3.8) is 0 Å². The maximum atomic E-state index is 12.3. The van der Waals surface area contributed by atoms with Crippen LogP contribution in [0.1, 0.15) is 25.0 Å². The smallest absolute Gasteiger partial charge is 0.240 e. The summed E-state index contributed by atoms with van der Waals surface area (Å²) >= 11 is 0. The molecule has 0 saturated heterocycles. The topological polar surface area (TPSA) is 78.5 Å². The molecular weight excluding hydrogens is 330 g/mol. The summed E-state index contributed by atoms with van der Waals surface area (Å²) in [4.78, 5) is 36.8. The number of amides is 3. The molecule has 0 heterocycles. The van der Waals surface area contributed by atoms with Gasteiger partial charge in [-0.25, -0.2) is 0 Å². The Morgan fingerprint density at radius 3 is 2.38 bits per heavy atom. The minimum absolute atomic E-state index is 0.0926. The Morgan fingerprint density at radius 1 is 1.00 bits per heavy atom. The highest BCUT2D eigenvalue weighted by Gasteiger charge is 2.16. The average molecular weight is 353 g/mol. The molecule has 3 amide bonds. The van der Waals surface area contributed by atoms with Crippen LogP contribution in [0.25, 0.3) is 0 Å². The quantitative estimate of drug-likeness (QED) is 0.838. The van der Waals surface area contributed by atoms with E-state index in [-0.39, 0.29) is 24.3 Å². The van der Waals surface area contributed by atoms with Gasteiger partial charge in [0, 0.05) is 31.8 Å². The summed E-state index contributed by atoms with van der Waals surface area (Å²) in [7, 11) is 0. The van der Waals surface area contributed by atoms with Gasteiger partial charge in [0.25, 0.3) is 0 Å². The van der Waals surface area contributed by atoms with Crippen molar-refractivity contribution in [1.29, 1.82) is 0 Å². The van der Waals surface area contributed by atoms with Crippen LogP contribution in [-0.4, -0.2) is 24.3 Å². The fraction of sp³-hybridized carbons (Fsp3) is 0.250. The van der Waals surface area contributed by atoms with Gasteiger partial charge in [-0.1, -0.05) is 35.9 Å². The fourth-order valence-corrected chi connectivity index (χ4v) is 2.56. The monoisotopic (exact) mass is 353 g/mol. The molecule has 0 aliphatic rings. The van der Waals surface area contributed by atoms with Crippen molar-refractivity contribution in [2.45, 2.75) is 27.3 Å². The highest BCUT2D eigenvalue weighted by Crippen LogP contribution is 2.19. The lowest BCUT2D eigenvalue weighted by Crippen LogP contribution is -2.39. The van der Waals surface area contributed by atoms with E-state index in [0.717, 1.165) is 11.1 Å². The molecule has 0 aliphatic heterocycles. The molecule has 0 radical (unpaired) electrons. The number of benzene rings is 2. The van der Waals surface area contributed by atoms with Crippen LogP contribution in [0.5, 0.6) is 0 Å². The molecule has 26 heavy (non-hydrogen) atoms. The van der Waals surface area contributed by atoms with Gasteiger partial charge in [0.05, 0.1) is 0 Å². The van der Waals surface area contributed by atoms with E-state index in [1.807, 2.05) is 31.2 Å². The Morgan fingerprint density at radius 2 is 1.73 bits per heavy atom. The lowest BCUT2D eigenvalue weighted by atomic mass is 10.1. The molecule has 0 atom stereocenters. The van der Waals surface area contributed by atoms with Crippen LogP contribution in [-0.2, 0) is 20.9 Å². The highest BCUT2D eigenvalue weighted by molar-refractivity contribution is 5.98. The number of nitrogens with one attached hydrogen (secondary N) is 2. The van der Waals surface area contributed by atoms with Crippen LogP contribution in [0.15, 0.2) is 48.5 Å². The highest BCUT2D eigenvalue weighted by atomic mass is 16.2. The first kappa shape index (κ1) is 19.2. The van der Waals surface area contributed by atoms with E-state index in [1.54, 1.807) is 24.3 Å². The number of hydrogen-bond donors (Lipinski definition) is 2. The van der Waals surface area contributed by atoms with Crippen LogP contribution in [0, 0.1) is 6.92 Å². The van der Waals surface area contributed by atoms with E-state index in [2.05, 4.69) is 10.6 Å². The van der Waals surface area contributed by atoms with E-state index < -0.39 is 0 Å². The first-order chi connectivity index (χ1) is 12.3. The molecule has 2 N–H and O–H groups in total. The van der Waals surface area contributed by atoms with Gasteiger partial charge < -0.3 is 15.5 Å². The van der Waals surface area contributed by atoms with E-state index in [0.29, 0.717) is 17.9 Å². The second kappa shape index (κ2) is 8.80. The second-order valence-corrected chi connectivity index (χ2v) is 6.10. The van der Waals surface area contributed by atoms with Crippen molar-refractivity contribution in [1.82, 2.24) is 5.32 Å². The first-order valence-electron chi connectivity index (χ1n) is 8.33. The predicted molar refractivity (Wildman–Crippen MR) is 102 cm³/mol. The van der Waals surface area contributed by atoms with Crippen LogP contribution >= 0.6 is 0 Å². The molecule has 0 aromatic heterocycles. The zero-order valence-electron chi connectivity index (χ0n) is 15.2. The standard InChI is InChI=1S/C20H23N3O3/c1-14-6-4-7-17(10-14)12-21-20(26)13-23(16(3)25)19-9-5-8-18(11-19)22-15(2)24/h4-11H,12-13H2,1-3H3,(H,21,26)(H,22,24). The lowest BCUT2D eigenvalue weighted by Gasteiger charge is -2.21. The largest absolute Gasteiger partial charge is 0.350 e. The summed E-state index contributed by atoms with van der Waals surface area (Å²) in [6.45, 7) is 5.11. The van der Waals surface area contributed by atoms with Crippen LogP contribution in [0.3, 0.4) is 0 Å². The van der Waals surface area contributed by atoms with Crippen molar-refractivity contribution >= 4 is 29.1 Å². The molecule has 2 aromatic rings. The molecule has 136 valence electrons. The van der Waals surface area contributed by atoms with Gasteiger partial charge in [-0.15, -0.1) is 0 Å². The second-order valence-electron chi connectivity index (χ2n) is 6.10. The maximum Gasteiger partial charge on any atom is 0.240 e. The Balaban J connectivity index is 2.04. The molecule has 0 saturated carbocycles. The summed E-state index contributed by atoms with van der Waals surface area (Å²) in [6, 6.07) is 14.7. The van der Waals surface area contributed by atoms with Gasteiger partial charge in [0.2, 0.25) is 17.7 Å². The molecule has 6 heteroatoms. The summed E-state index contributed by atoms with van der Waals surface area (Å²) in [5.41, 5.74) is 3.24. The summed E-state index contributed by atoms with van der Waals surface area (Å²) in [5, 5.41) is 5.49. The van der Waals surface area contributed by atoms with Crippen molar-refractivity contribution in [2.75, 3.05) is 16.8 Å². The molecule has 0 unspecified atom stereocenters. The van der Waals surface area contributed by atoms with Crippen LogP contribution in [0.2, 0.25) is 0 Å². The van der Waals surface area contributed by atoms with Gasteiger partial charge in [0.1, 0.15) is 6.54 Å². The molecule has 0 fully saturated rings. The molecule has 2 rings (SSSR count). The number of anilines is 2. The molecule has 2 aromatic carbocycles. The molecule has 6 nitrogen and oxygen atoms in total. The third-order valence-electron chi connectivity index (χ3n) is 3.73. The number of hydrogen-bond acceptors (Lipinski definition) is 3. The number of carbonyl (C=O) groups excluding carboxylic acids is 3. The zero-order chi connectivity index (χ0) is 19.1. The third kappa shape index (κ3) is 5.73. The summed E-state index contributed by atoms with van der Waals surface area (Å²) < 4.78 is 0. The van der Waals surface area contributed by atoms with Crippen molar-refractivity contribution in [2.24, 2.45) is 0 Å². The van der Waals surface area contributed by atoms with Gasteiger partial charge in [0.15, 0.2) is 0 Å². The Labute approximate surface area is 153 Å². The van der Waals surface area contributed by atoms with Gasteiger partial charge in [-0.2, -0.15) is 0 Å². The molecule has 0 spiro atoms. The molecule has 0 bridgehead atoms. The maximum absolute atomic E-state index is 12.3. The number of nitrogens with zero attached hydrogens (tertiary/aromatic N) is 1. The van der Waals surface area contributed by atoms with Crippen LogP contribution in [0.4, 0.5) is 11.4 Å². The minimum Gasteiger partial charge on any atom is -0.350 e. The normalized spacial score (nSPS) is 10.1. The van der Waals surface area contributed by atoms with E-state index in [1.165, 1.54) is 18.7 Å². The van der Waals surface area contributed by atoms with Crippen LogP contribution < -0.4 is 15.5 Å². The number of aryl methyl sites for hydroxylation is 1. The Kier molecular flexibility index (Phi) is 6.49. The number of carbonyl (C=O) groups is 3. The van der Waals surface area contributed by atoms with Crippen molar-refractivity contribution < 1.29 is 14.4 Å². The minimum atomic E-state index is -0.258. The number of rotatable bonds is 6. The molecule has 0 aliphatic carbocycles. The van der Waals surface area contributed by atoms with Gasteiger partial charge >= 0.3 is 0 Å². The van der Waals surface area contributed by atoms with Crippen molar-refractivity contribution in [3.8, 4) is 0 Å². The predicted octanol–water partition coefficient (Wildman–Crippen LogP) is 2.62. The SMILES string of the molecule is CC(=O)Nc1cccc(N(CC(=O)NCc2cccc(C)c2)C(C)=O)c1. The van der Waals surface area contributed by atoms with Crippen molar-refractivity contribution in [3.05, 3.63) is 59.7 Å². The molecular formula is C20H23N3O3. The fourth-order valence-electron chi connectivity index (χ4n) is 2.56. The third-order valence-corrected chi connectivity index (χ3v) is 3.73. The van der Waals surface area contributed by atoms with Gasteiger partial charge in [-0.05, 0) is 30.7 Å². The van der Waals surface area contributed by atoms with E-state index in [9.17, 15) is 14.4 Å². The van der Waals surface area contributed by atoms with E-state index in [4.69, 9.17) is 0 Å². The Bertz CT molecular complexity index is 817. The summed E-state index contributed by atoms with van der Waals surface area (Å²) in [5.74, 6) is -0.713. The van der Waals surface area contributed by atoms with E-state index >= 15 is 0 Å². The Hall–Kier alpha value is -3.15. The van der Waals surface area contributed by atoms with Gasteiger partial charge in [-0.3, -0.25) is 14.4 Å². The average Bonchev–Trinajstić information content (AvgIpc) is 2.57. The zero-order valence-corrected chi connectivity index (χ0v) is 15.2.